The van der Waals surface area contributed by atoms with E-state index in [9.17, 15) is 9.59 Å². The molecule has 0 unspecified atom stereocenters. The second kappa shape index (κ2) is 19.3. The maximum atomic E-state index is 12.4. The molecule has 7 nitrogen and oxygen atoms in total. The zero-order valence-electron chi connectivity index (χ0n) is 29.8. The molecule has 1 aromatic heterocycles. The van der Waals surface area contributed by atoms with Crippen LogP contribution in [0.4, 0.5) is 0 Å². The molecule has 0 radical (unpaired) electrons. The summed E-state index contributed by atoms with van der Waals surface area (Å²) in [5.41, 5.74) is 0.635. The molecule has 0 saturated heterocycles. The van der Waals surface area contributed by atoms with Crippen molar-refractivity contribution in [1.29, 1.82) is 0 Å². The third-order valence-electron chi connectivity index (χ3n) is 12.7. The van der Waals surface area contributed by atoms with Gasteiger partial charge in [-0.25, -0.2) is 4.98 Å². The van der Waals surface area contributed by atoms with Gasteiger partial charge in [-0.3, -0.25) is 9.59 Å². The lowest BCUT2D eigenvalue weighted by molar-refractivity contribution is -0.151. The standard InChI is InChI=1S/C40H67N3O4/c44-37(46-32-39-20-14-35(15-21-39)16-22-39)12-7-3-1-5-9-27-42(29-11-30-43-31-26-41-34-43)28-10-6-2-4-8-13-38(45)47-33-40-23-17-36(18-24-40)19-25-40/h26,31,34-36H,1-25,27-30,32-33H2. The molecule has 4 bridgehead atoms. The predicted molar refractivity (Wildman–Crippen MR) is 188 cm³/mol. The van der Waals surface area contributed by atoms with Gasteiger partial charge < -0.3 is 18.9 Å². The molecule has 47 heavy (non-hydrogen) atoms. The van der Waals surface area contributed by atoms with Crippen LogP contribution in [-0.4, -0.2) is 59.2 Å². The first-order valence-corrected chi connectivity index (χ1v) is 20.0. The van der Waals surface area contributed by atoms with Crippen LogP contribution in [-0.2, 0) is 25.6 Å². The first kappa shape index (κ1) is 36.4. The zero-order valence-corrected chi connectivity index (χ0v) is 29.8. The van der Waals surface area contributed by atoms with Crippen molar-refractivity contribution >= 4 is 11.9 Å². The Balaban J connectivity index is 0.870. The minimum absolute atomic E-state index is 0.0251. The van der Waals surface area contributed by atoms with Crippen LogP contribution in [0.2, 0.25) is 0 Å². The highest BCUT2D eigenvalue weighted by molar-refractivity contribution is 5.69. The topological polar surface area (TPSA) is 73.7 Å². The van der Waals surface area contributed by atoms with Crippen molar-refractivity contribution in [2.45, 2.75) is 167 Å². The van der Waals surface area contributed by atoms with Gasteiger partial charge in [-0.2, -0.15) is 0 Å². The summed E-state index contributed by atoms with van der Waals surface area (Å²) in [5.74, 6) is 1.95. The van der Waals surface area contributed by atoms with E-state index in [1.807, 2.05) is 12.5 Å². The van der Waals surface area contributed by atoms with Gasteiger partial charge >= 0.3 is 11.9 Å². The van der Waals surface area contributed by atoms with E-state index in [-0.39, 0.29) is 11.9 Å². The predicted octanol–water partition coefficient (Wildman–Crippen LogP) is 9.28. The van der Waals surface area contributed by atoms with Crippen LogP contribution in [0.3, 0.4) is 0 Å². The number of unbranched alkanes of at least 4 members (excludes halogenated alkanes) is 8. The largest absolute Gasteiger partial charge is 0.465 e. The number of imidazole rings is 1. The summed E-state index contributed by atoms with van der Waals surface area (Å²) in [5, 5.41) is 0. The zero-order chi connectivity index (χ0) is 32.6. The van der Waals surface area contributed by atoms with Gasteiger partial charge in [0.25, 0.3) is 0 Å². The van der Waals surface area contributed by atoms with Gasteiger partial charge in [0.2, 0.25) is 0 Å². The van der Waals surface area contributed by atoms with E-state index in [1.54, 1.807) is 0 Å². The summed E-state index contributed by atoms with van der Waals surface area (Å²) in [4.78, 5) is 31.6. The van der Waals surface area contributed by atoms with Gasteiger partial charge in [0.15, 0.2) is 0 Å². The Morgan fingerprint density at radius 3 is 1.49 bits per heavy atom. The Hall–Kier alpha value is -1.89. The molecule has 1 aromatic rings. The Bertz CT molecular complexity index is 937. The average molecular weight is 654 g/mol. The van der Waals surface area contributed by atoms with Crippen molar-refractivity contribution in [3.63, 3.8) is 0 Å². The minimum atomic E-state index is 0.0251. The van der Waals surface area contributed by atoms with Crippen molar-refractivity contribution in [2.75, 3.05) is 32.8 Å². The van der Waals surface area contributed by atoms with Gasteiger partial charge in [-0.05, 0) is 141 Å². The number of fused-ring (bicyclic) bond motifs is 6. The fourth-order valence-corrected chi connectivity index (χ4v) is 9.22. The van der Waals surface area contributed by atoms with Gasteiger partial charge in [-0.1, -0.05) is 38.5 Å². The van der Waals surface area contributed by atoms with Gasteiger partial charge in [0.1, 0.15) is 0 Å². The van der Waals surface area contributed by atoms with Crippen LogP contribution in [0, 0.1) is 22.7 Å². The fourth-order valence-electron chi connectivity index (χ4n) is 9.22. The van der Waals surface area contributed by atoms with Gasteiger partial charge in [0, 0.05) is 42.6 Å². The lowest BCUT2D eigenvalue weighted by atomic mass is 9.61. The molecule has 0 aliphatic heterocycles. The van der Waals surface area contributed by atoms with E-state index in [1.165, 1.54) is 116 Å². The van der Waals surface area contributed by atoms with Crippen molar-refractivity contribution in [3.8, 4) is 0 Å². The number of nitrogens with zero attached hydrogens (tertiary/aromatic N) is 3. The van der Waals surface area contributed by atoms with Crippen molar-refractivity contribution in [3.05, 3.63) is 18.7 Å². The normalized spacial score (nSPS) is 26.6. The molecule has 0 atom stereocenters. The second-order valence-corrected chi connectivity index (χ2v) is 16.3. The molecule has 1 heterocycles. The number of esters is 2. The highest BCUT2D eigenvalue weighted by Crippen LogP contribution is 2.51. The first-order chi connectivity index (χ1) is 23.0. The number of hydrogen-bond acceptors (Lipinski definition) is 6. The molecular formula is C40H67N3O4. The number of rotatable bonds is 24. The summed E-state index contributed by atoms with van der Waals surface area (Å²) in [7, 11) is 0. The monoisotopic (exact) mass is 654 g/mol. The first-order valence-electron chi connectivity index (χ1n) is 20.0. The van der Waals surface area contributed by atoms with Crippen LogP contribution in [0.25, 0.3) is 0 Å². The number of hydrogen-bond donors (Lipinski definition) is 0. The summed E-state index contributed by atoms with van der Waals surface area (Å²) in [6.45, 7) is 5.80. The number of carbonyl (C=O) groups is 2. The number of ether oxygens (including phenoxy) is 2. The molecule has 6 saturated carbocycles. The lowest BCUT2D eigenvalue weighted by Gasteiger charge is -2.46. The van der Waals surface area contributed by atoms with E-state index < -0.39 is 0 Å². The molecule has 7 heteroatoms. The Labute approximate surface area is 286 Å². The van der Waals surface area contributed by atoms with Gasteiger partial charge in [-0.15, -0.1) is 0 Å². The molecule has 0 spiro atoms. The van der Waals surface area contributed by atoms with Crippen molar-refractivity contribution < 1.29 is 19.1 Å². The minimum Gasteiger partial charge on any atom is -0.465 e. The molecule has 0 aromatic carbocycles. The molecular weight excluding hydrogens is 586 g/mol. The number of carbonyl (C=O) groups excluding carboxylic acids is 2. The molecule has 0 N–H and O–H groups in total. The molecule has 266 valence electrons. The van der Waals surface area contributed by atoms with Gasteiger partial charge in [0.05, 0.1) is 19.5 Å². The van der Waals surface area contributed by atoms with Crippen LogP contribution in [0.15, 0.2) is 18.7 Å². The third-order valence-corrected chi connectivity index (χ3v) is 12.7. The van der Waals surface area contributed by atoms with Crippen LogP contribution >= 0.6 is 0 Å². The maximum Gasteiger partial charge on any atom is 0.305 e. The summed E-state index contributed by atoms with van der Waals surface area (Å²) in [6.07, 6.45) is 35.3. The number of aromatic nitrogens is 2. The lowest BCUT2D eigenvalue weighted by Crippen LogP contribution is -2.38. The van der Waals surface area contributed by atoms with E-state index >= 15 is 0 Å². The van der Waals surface area contributed by atoms with Crippen LogP contribution < -0.4 is 0 Å². The van der Waals surface area contributed by atoms with Crippen LogP contribution in [0.5, 0.6) is 0 Å². The highest BCUT2D eigenvalue weighted by atomic mass is 16.5. The van der Waals surface area contributed by atoms with E-state index in [2.05, 4.69) is 20.6 Å². The van der Waals surface area contributed by atoms with Crippen LogP contribution in [0.1, 0.15) is 161 Å². The Morgan fingerprint density at radius 2 is 1.04 bits per heavy atom. The quantitative estimate of drug-likeness (QED) is 0.0818. The SMILES string of the molecule is O=C(CCCCCCCN(CCCCCCCC(=O)OCC12CCC(CC1)CC2)CCCn1ccnc1)OCC12CCC(CC1)CC2. The second-order valence-electron chi connectivity index (χ2n) is 16.3. The van der Waals surface area contributed by atoms with E-state index in [0.717, 1.165) is 70.1 Å². The Kier molecular flexibility index (Phi) is 15.0. The summed E-state index contributed by atoms with van der Waals surface area (Å²) >= 11 is 0. The molecule has 6 aliphatic carbocycles. The fraction of sp³-hybridized carbons (Fsp3) is 0.875. The summed E-state index contributed by atoms with van der Waals surface area (Å²) < 4.78 is 13.7. The summed E-state index contributed by atoms with van der Waals surface area (Å²) in [6, 6.07) is 0. The third kappa shape index (κ3) is 12.5. The van der Waals surface area contributed by atoms with E-state index in [0.29, 0.717) is 36.9 Å². The molecule has 0 amide bonds. The van der Waals surface area contributed by atoms with E-state index in [4.69, 9.17) is 9.47 Å². The number of aryl methyl sites for hydroxylation is 1. The molecule has 6 fully saturated rings. The molecule has 6 aliphatic rings. The maximum absolute atomic E-state index is 12.4. The Morgan fingerprint density at radius 1 is 0.617 bits per heavy atom. The smallest absolute Gasteiger partial charge is 0.305 e. The molecule has 7 rings (SSSR count). The average Bonchev–Trinajstić information content (AvgIpc) is 3.64. The van der Waals surface area contributed by atoms with Crippen molar-refractivity contribution in [1.82, 2.24) is 14.5 Å². The highest BCUT2D eigenvalue weighted by Gasteiger charge is 2.42. The van der Waals surface area contributed by atoms with Crippen molar-refractivity contribution in [2.24, 2.45) is 22.7 Å².